The molecule has 130 valence electrons. The standard InChI is InChI=1S/C19H19NO4S/c1-15-8-10-18(11-9-15)25(22,23)20-19(12-16(2)13-24-14-21)17-6-4-3-5-7-17/h3-12,14H,13H2,1-2H3/b16-12+,20-19-. The number of sulfonamides is 1. The quantitative estimate of drug-likeness (QED) is 0.563. The van der Waals surface area contributed by atoms with Crippen molar-refractivity contribution in [1.82, 2.24) is 0 Å². The van der Waals surface area contributed by atoms with Crippen LogP contribution in [0.1, 0.15) is 18.1 Å². The molecule has 5 nitrogen and oxygen atoms in total. The van der Waals surface area contributed by atoms with Gasteiger partial charge in [0.1, 0.15) is 6.61 Å². The van der Waals surface area contributed by atoms with Crippen molar-refractivity contribution in [2.24, 2.45) is 4.40 Å². The van der Waals surface area contributed by atoms with E-state index < -0.39 is 10.0 Å². The molecule has 0 aliphatic heterocycles. The Labute approximate surface area is 147 Å². The van der Waals surface area contributed by atoms with Crippen molar-refractivity contribution in [3.8, 4) is 0 Å². The number of allylic oxidation sites excluding steroid dienone is 1. The molecule has 0 radical (unpaired) electrons. The Hall–Kier alpha value is -2.73. The van der Waals surface area contributed by atoms with Crippen LogP contribution in [0.5, 0.6) is 0 Å². The van der Waals surface area contributed by atoms with Crippen LogP contribution in [0, 0.1) is 6.92 Å². The van der Waals surface area contributed by atoms with E-state index in [2.05, 4.69) is 4.40 Å². The van der Waals surface area contributed by atoms with Gasteiger partial charge in [-0.2, -0.15) is 12.8 Å². The molecule has 2 aromatic carbocycles. The summed E-state index contributed by atoms with van der Waals surface area (Å²) in [7, 11) is -3.86. The van der Waals surface area contributed by atoms with Gasteiger partial charge in [0.2, 0.25) is 0 Å². The average molecular weight is 357 g/mol. The van der Waals surface area contributed by atoms with Gasteiger partial charge >= 0.3 is 0 Å². The molecular weight excluding hydrogens is 338 g/mol. The van der Waals surface area contributed by atoms with Crippen LogP contribution in [0.3, 0.4) is 0 Å². The molecular formula is C19H19NO4S. The van der Waals surface area contributed by atoms with Gasteiger partial charge in [0.05, 0.1) is 10.6 Å². The summed E-state index contributed by atoms with van der Waals surface area (Å²) in [5, 5.41) is 0. The van der Waals surface area contributed by atoms with E-state index in [1.165, 1.54) is 12.1 Å². The van der Waals surface area contributed by atoms with Crippen molar-refractivity contribution in [2.45, 2.75) is 18.7 Å². The molecule has 25 heavy (non-hydrogen) atoms. The predicted molar refractivity (Wildman–Crippen MR) is 97.1 cm³/mol. The van der Waals surface area contributed by atoms with Crippen molar-refractivity contribution in [3.05, 3.63) is 77.4 Å². The minimum atomic E-state index is -3.86. The Morgan fingerprint density at radius 1 is 1.08 bits per heavy atom. The summed E-state index contributed by atoms with van der Waals surface area (Å²) in [6.07, 6.45) is 1.60. The van der Waals surface area contributed by atoms with Gasteiger partial charge in [-0.15, -0.1) is 0 Å². The normalized spacial score (nSPS) is 12.7. The fourth-order valence-electron chi connectivity index (χ4n) is 2.10. The molecule has 0 N–H and O–H groups in total. The van der Waals surface area contributed by atoms with Crippen LogP contribution in [-0.2, 0) is 19.6 Å². The van der Waals surface area contributed by atoms with Crippen LogP contribution in [0.4, 0.5) is 0 Å². The van der Waals surface area contributed by atoms with E-state index in [0.717, 1.165) is 5.56 Å². The maximum atomic E-state index is 12.6. The van der Waals surface area contributed by atoms with Gasteiger partial charge in [-0.3, -0.25) is 4.79 Å². The van der Waals surface area contributed by atoms with E-state index in [1.54, 1.807) is 49.4 Å². The Balaban J connectivity index is 2.48. The minimum Gasteiger partial charge on any atom is -0.463 e. The molecule has 0 aliphatic carbocycles. The summed E-state index contributed by atoms with van der Waals surface area (Å²) in [6, 6.07) is 15.5. The Morgan fingerprint density at radius 3 is 2.32 bits per heavy atom. The van der Waals surface area contributed by atoms with Crippen molar-refractivity contribution >= 4 is 22.2 Å². The fraction of sp³-hybridized carbons (Fsp3) is 0.158. The van der Waals surface area contributed by atoms with Gasteiger partial charge in [0.15, 0.2) is 0 Å². The zero-order valence-electron chi connectivity index (χ0n) is 14.0. The highest BCUT2D eigenvalue weighted by Crippen LogP contribution is 2.16. The first kappa shape index (κ1) is 18.6. The molecule has 0 bridgehead atoms. The van der Waals surface area contributed by atoms with Crippen molar-refractivity contribution in [3.63, 3.8) is 0 Å². The lowest BCUT2D eigenvalue weighted by Crippen LogP contribution is -2.06. The van der Waals surface area contributed by atoms with E-state index in [9.17, 15) is 13.2 Å². The molecule has 0 atom stereocenters. The number of nitrogens with zero attached hydrogens (tertiary/aromatic N) is 1. The maximum absolute atomic E-state index is 12.6. The summed E-state index contributed by atoms with van der Waals surface area (Å²) >= 11 is 0. The lowest BCUT2D eigenvalue weighted by molar-refractivity contribution is -0.127. The van der Waals surface area contributed by atoms with Crippen molar-refractivity contribution in [1.29, 1.82) is 0 Å². The molecule has 2 rings (SSSR count). The van der Waals surface area contributed by atoms with E-state index in [0.29, 0.717) is 17.6 Å². The summed E-state index contributed by atoms with van der Waals surface area (Å²) < 4.78 is 33.9. The van der Waals surface area contributed by atoms with Gasteiger partial charge in [0, 0.05) is 5.56 Å². The highest BCUT2D eigenvalue weighted by molar-refractivity contribution is 7.90. The van der Waals surface area contributed by atoms with Crippen LogP contribution >= 0.6 is 0 Å². The highest BCUT2D eigenvalue weighted by atomic mass is 32.2. The summed E-state index contributed by atoms with van der Waals surface area (Å²) in [4.78, 5) is 10.5. The number of carbonyl (C=O) groups excluding carboxylic acids is 1. The zero-order valence-corrected chi connectivity index (χ0v) is 14.9. The average Bonchev–Trinajstić information content (AvgIpc) is 2.60. The SMILES string of the molecule is C/C(=C\C(=N\S(=O)(=O)c1ccc(C)cc1)c1ccccc1)COC=O. The second-order valence-electron chi connectivity index (χ2n) is 5.53. The highest BCUT2D eigenvalue weighted by Gasteiger charge is 2.14. The van der Waals surface area contributed by atoms with Gasteiger partial charge < -0.3 is 4.74 Å². The smallest absolute Gasteiger partial charge is 0.293 e. The number of benzene rings is 2. The third-order valence-corrected chi connectivity index (χ3v) is 4.67. The van der Waals surface area contributed by atoms with E-state index in [1.807, 2.05) is 13.0 Å². The zero-order chi connectivity index (χ0) is 18.3. The number of rotatable bonds is 7. The molecule has 0 aliphatic rings. The molecule has 0 amide bonds. The van der Waals surface area contributed by atoms with Crippen molar-refractivity contribution in [2.75, 3.05) is 6.61 Å². The maximum Gasteiger partial charge on any atom is 0.293 e. The van der Waals surface area contributed by atoms with Crippen molar-refractivity contribution < 1.29 is 17.9 Å². The van der Waals surface area contributed by atoms with Gasteiger partial charge in [-0.05, 0) is 37.6 Å². The summed E-state index contributed by atoms with van der Waals surface area (Å²) in [5.74, 6) is 0. The Kier molecular flexibility index (Phi) is 6.25. The molecule has 0 saturated heterocycles. The topological polar surface area (TPSA) is 72.8 Å². The third kappa shape index (κ3) is 5.39. The van der Waals surface area contributed by atoms with Gasteiger partial charge in [0.25, 0.3) is 16.5 Å². The molecule has 0 saturated carbocycles. The molecule has 6 heteroatoms. The first-order chi connectivity index (χ1) is 11.9. The van der Waals surface area contributed by atoms with Crippen LogP contribution in [0.2, 0.25) is 0 Å². The Bertz CT molecular complexity index is 883. The number of hydrogen-bond donors (Lipinski definition) is 0. The second-order valence-corrected chi connectivity index (χ2v) is 7.13. The molecule has 0 spiro atoms. The number of carbonyl (C=O) groups is 1. The Morgan fingerprint density at radius 2 is 1.72 bits per heavy atom. The fourth-order valence-corrected chi connectivity index (χ4v) is 3.11. The second kappa shape index (κ2) is 8.39. The summed E-state index contributed by atoms with van der Waals surface area (Å²) in [6.45, 7) is 4.04. The van der Waals surface area contributed by atoms with Gasteiger partial charge in [-0.1, -0.05) is 48.0 Å². The molecule has 2 aromatic rings. The summed E-state index contributed by atoms with van der Waals surface area (Å²) in [5.41, 5.74) is 2.58. The lowest BCUT2D eigenvalue weighted by Gasteiger charge is -2.06. The van der Waals surface area contributed by atoms with Crippen LogP contribution < -0.4 is 0 Å². The molecule has 0 unspecified atom stereocenters. The van der Waals surface area contributed by atoms with E-state index in [-0.39, 0.29) is 17.2 Å². The van der Waals surface area contributed by atoms with Crippen LogP contribution in [-0.4, -0.2) is 27.2 Å². The monoisotopic (exact) mass is 357 g/mol. The van der Waals surface area contributed by atoms with E-state index in [4.69, 9.17) is 4.74 Å². The van der Waals surface area contributed by atoms with Crippen LogP contribution in [0.25, 0.3) is 0 Å². The predicted octanol–water partition coefficient (Wildman–Crippen LogP) is 3.29. The molecule has 0 heterocycles. The number of aryl methyl sites for hydroxylation is 1. The minimum absolute atomic E-state index is 0.0694. The lowest BCUT2D eigenvalue weighted by atomic mass is 10.1. The van der Waals surface area contributed by atoms with Gasteiger partial charge in [-0.25, -0.2) is 0 Å². The number of ether oxygens (including phenoxy) is 1. The molecule has 0 aromatic heterocycles. The largest absolute Gasteiger partial charge is 0.463 e. The number of hydrogen-bond acceptors (Lipinski definition) is 4. The first-order valence-electron chi connectivity index (χ1n) is 7.62. The first-order valence-corrected chi connectivity index (χ1v) is 9.06. The van der Waals surface area contributed by atoms with E-state index >= 15 is 0 Å². The van der Waals surface area contributed by atoms with Crippen LogP contribution in [0.15, 0.2) is 75.5 Å². The molecule has 0 fully saturated rings. The third-order valence-electron chi connectivity index (χ3n) is 3.37.